The summed E-state index contributed by atoms with van der Waals surface area (Å²) in [5.74, 6) is -0.220. The third-order valence-electron chi connectivity index (χ3n) is 4.53. The molecule has 1 aliphatic rings. The first-order valence-electron chi connectivity index (χ1n) is 9.08. The van der Waals surface area contributed by atoms with Crippen molar-refractivity contribution in [2.24, 2.45) is 0 Å². The second kappa shape index (κ2) is 9.62. The number of anilines is 1. The van der Waals surface area contributed by atoms with E-state index in [0.29, 0.717) is 25.9 Å². The molecule has 0 atom stereocenters. The van der Waals surface area contributed by atoms with Crippen LogP contribution in [-0.4, -0.2) is 36.3 Å². The highest BCUT2D eigenvalue weighted by Crippen LogP contribution is 2.21. The number of para-hydroxylation sites is 1. The zero-order chi connectivity index (χ0) is 18.9. The second-order valence-electron chi connectivity index (χ2n) is 6.37. The number of aryl methyl sites for hydroxylation is 2. The minimum absolute atomic E-state index is 0.0348. The number of rotatable bonds is 8. The lowest BCUT2D eigenvalue weighted by Gasteiger charge is -2.15. The van der Waals surface area contributed by atoms with Gasteiger partial charge in [-0.05, 0) is 37.3 Å². The maximum atomic E-state index is 12.2. The number of hydrogen-bond donors (Lipinski definition) is 2. The van der Waals surface area contributed by atoms with Crippen LogP contribution in [0, 0.1) is 18.3 Å². The molecule has 2 amide bonds. The summed E-state index contributed by atoms with van der Waals surface area (Å²) >= 11 is 0. The number of nitrogens with one attached hydrogen (secondary N) is 2. The Morgan fingerprint density at radius 2 is 2.23 bits per heavy atom. The van der Waals surface area contributed by atoms with E-state index in [1.165, 1.54) is 6.20 Å². The highest BCUT2D eigenvalue weighted by Gasteiger charge is 2.19. The molecule has 0 unspecified atom stereocenters. The number of hydrogen-bond acceptors (Lipinski definition) is 4. The molecule has 0 saturated carbocycles. The summed E-state index contributed by atoms with van der Waals surface area (Å²) in [6, 6.07) is 7.94. The van der Waals surface area contributed by atoms with Crippen molar-refractivity contribution < 1.29 is 9.59 Å². The minimum Gasteiger partial charge on any atom is -0.360 e. The lowest BCUT2D eigenvalue weighted by atomic mass is 10.1. The standard InChI is InChI=1S/C20H26N4O2/c1-3-16-8-4-7-15(2)19(16)23-14-17(13-21)20(26)22-10-6-12-24-11-5-9-18(24)25/h4,7-8,14,23H,3,5-6,9-12H2,1-2H3,(H,22,26)/b17-14-. The van der Waals surface area contributed by atoms with Crippen LogP contribution in [0.25, 0.3) is 0 Å². The van der Waals surface area contributed by atoms with Gasteiger partial charge in [-0.15, -0.1) is 0 Å². The molecule has 0 bridgehead atoms. The van der Waals surface area contributed by atoms with Gasteiger partial charge in [-0.3, -0.25) is 9.59 Å². The molecule has 0 aliphatic carbocycles. The fourth-order valence-electron chi connectivity index (χ4n) is 3.03. The van der Waals surface area contributed by atoms with E-state index in [1.54, 1.807) is 0 Å². The molecule has 1 aromatic carbocycles. The monoisotopic (exact) mass is 354 g/mol. The van der Waals surface area contributed by atoms with E-state index >= 15 is 0 Å². The van der Waals surface area contributed by atoms with Crippen molar-refractivity contribution in [2.75, 3.05) is 25.0 Å². The van der Waals surface area contributed by atoms with Gasteiger partial charge < -0.3 is 15.5 Å². The highest BCUT2D eigenvalue weighted by atomic mass is 16.2. The van der Waals surface area contributed by atoms with Gasteiger partial charge in [0.25, 0.3) is 5.91 Å². The molecular formula is C20H26N4O2. The van der Waals surface area contributed by atoms with Crippen LogP contribution in [0.3, 0.4) is 0 Å². The van der Waals surface area contributed by atoms with E-state index in [4.69, 9.17) is 0 Å². The summed E-state index contributed by atoms with van der Waals surface area (Å²) < 4.78 is 0. The lowest BCUT2D eigenvalue weighted by Crippen LogP contribution is -2.31. The van der Waals surface area contributed by atoms with Crippen molar-refractivity contribution >= 4 is 17.5 Å². The normalized spacial score (nSPS) is 14.3. The van der Waals surface area contributed by atoms with E-state index in [0.717, 1.165) is 36.2 Å². The minimum atomic E-state index is -0.403. The summed E-state index contributed by atoms with van der Waals surface area (Å²) in [4.78, 5) is 25.5. The fraction of sp³-hybridized carbons (Fsp3) is 0.450. The summed E-state index contributed by atoms with van der Waals surface area (Å²) in [6.45, 7) is 5.93. The molecule has 1 saturated heterocycles. The number of amides is 2. The molecule has 1 aliphatic heterocycles. The Bertz CT molecular complexity index is 734. The zero-order valence-electron chi connectivity index (χ0n) is 15.5. The SMILES string of the molecule is CCc1cccc(C)c1N/C=C(/C#N)C(=O)NCCCN1CCCC1=O. The first kappa shape index (κ1) is 19.5. The van der Waals surface area contributed by atoms with Gasteiger partial charge in [0.1, 0.15) is 11.6 Å². The van der Waals surface area contributed by atoms with E-state index in [1.807, 2.05) is 36.1 Å². The summed E-state index contributed by atoms with van der Waals surface area (Å²) in [6.07, 6.45) is 4.54. The quantitative estimate of drug-likeness (QED) is 0.427. The molecule has 0 spiro atoms. The molecule has 26 heavy (non-hydrogen) atoms. The van der Waals surface area contributed by atoms with Crippen LogP contribution in [0.4, 0.5) is 5.69 Å². The Morgan fingerprint density at radius 3 is 2.88 bits per heavy atom. The highest BCUT2D eigenvalue weighted by molar-refractivity contribution is 5.97. The molecule has 2 N–H and O–H groups in total. The first-order chi connectivity index (χ1) is 12.6. The maximum Gasteiger partial charge on any atom is 0.263 e. The van der Waals surface area contributed by atoms with Gasteiger partial charge in [0.15, 0.2) is 0 Å². The van der Waals surface area contributed by atoms with E-state index in [2.05, 4.69) is 17.6 Å². The molecule has 2 rings (SSSR count). The van der Waals surface area contributed by atoms with Gasteiger partial charge in [0.2, 0.25) is 5.91 Å². The molecule has 1 aromatic rings. The van der Waals surface area contributed by atoms with Crippen LogP contribution >= 0.6 is 0 Å². The Morgan fingerprint density at radius 1 is 1.42 bits per heavy atom. The molecule has 0 aromatic heterocycles. The number of nitriles is 1. The van der Waals surface area contributed by atoms with Crippen molar-refractivity contribution in [1.29, 1.82) is 5.26 Å². The maximum absolute atomic E-state index is 12.2. The van der Waals surface area contributed by atoms with Gasteiger partial charge in [-0.2, -0.15) is 5.26 Å². The van der Waals surface area contributed by atoms with Crippen molar-refractivity contribution in [2.45, 2.75) is 39.5 Å². The van der Waals surface area contributed by atoms with Crippen molar-refractivity contribution in [3.63, 3.8) is 0 Å². The van der Waals surface area contributed by atoms with E-state index in [9.17, 15) is 14.9 Å². The van der Waals surface area contributed by atoms with Gasteiger partial charge in [0.05, 0.1) is 0 Å². The number of carbonyl (C=O) groups excluding carboxylic acids is 2. The summed E-state index contributed by atoms with van der Waals surface area (Å²) in [5.41, 5.74) is 3.17. The Balaban J connectivity index is 1.87. The average Bonchev–Trinajstić information content (AvgIpc) is 3.05. The second-order valence-corrected chi connectivity index (χ2v) is 6.37. The number of likely N-dealkylation sites (tertiary alicyclic amines) is 1. The van der Waals surface area contributed by atoms with Crippen molar-refractivity contribution in [1.82, 2.24) is 10.2 Å². The first-order valence-corrected chi connectivity index (χ1v) is 9.08. The summed E-state index contributed by atoms with van der Waals surface area (Å²) in [5, 5.41) is 15.1. The fourth-order valence-corrected chi connectivity index (χ4v) is 3.03. The van der Waals surface area contributed by atoms with Crippen LogP contribution in [0.5, 0.6) is 0 Å². The molecule has 6 heteroatoms. The summed E-state index contributed by atoms with van der Waals surface area (Å²) in [7, 11) is 0. The molecule has 1 heterocycles. The predicted molar refractivity (Wildman–Crippen MR) is 101 cm³/mol. The van der Waals surface area contributed by atoms with Crippen LogP contribution < -0.4 is 10.6 Å². The molecule has 1 fully saturated rings. The van der Waals surface area contributed by atoms with Crippen LogP contribution in [0.15, 0.2) is 30.0 Å². The van der Waals surface area contributed by atoms with Gasteiger partial charge in [-0.25, -0.2) is 0 Å². The molecule has 0 radical (unpaired) electrons. The smallest absolute Gasteiger partial charge is 0.263 e. The molecule has 6 nitrogen and oxygen atoms in total. The third kappa shape index (κ3) is 5.09. The average molecular weight is 354 g/mol. The zero-order valence-corrected chi connectivity index (χ0v) is 15.5. The predicted octanol–water partition coefficient (Wildman–Crippen LogP) is 2.51. The molecule has 138 valence electrons. The van der Waals surface area contributed by atoms with Crippen LogP contribution in [0.1, 0.15) is 37.3 Å². The largest absolute Gasteiger partial charge is 0.360 e. The lowest BCUT2D eigenvalue weighted by molar-refractivity contribution is -0.127. The van der Waals surface area contributed by atoms with Crippen LogP contribution in [0.2, 0.25) is 0 Å². The topological polar surface area (TPSA) is 85.2 Å². The number of nitrogens with zero attached hydrogens (tertiary/aromatic N) is 2. The Kier molecular flexibility index (Phi) is 7.22. The number of carbonyl (C=O) groups is 2. The van der Waals surface area contributed by atoms with Crippen LogP contribution in [-0.2, 0) is 16.0 Å². The third-order valence-corrected chi connectivity index (χ3v) is 4.53. The van der Waals surface area contributed by atoms with Gasteiger partial charge in [-0.1, -0.05) is 25.1 Å². The van der Waals surface area contributed by atoms with E-state index in [-0.39, 0.29) is 11.5 Å². The Hall–Kier alpha value is -2.81. The van der Waals surface area contributed by atoms with Crippen molar-refractivity contribution in [3.8, 4) is 6.07 Å². The Labute approximate surface area is 154 Å². The number of benzene rings is 1. The van der Waals surface area contributed by atoms with Gasteiger partial charge >= 0.3 is 0 Å². The van der Waals surface area contributed by atoms with Gasteiger partial charge in [0, 0.05) is 37.9 Å². The molecular weight excluding hydrogens is 328 g/mol. The van der Waals surface area contributed by atoms with Crippen molar-refractivity contribution in [3.05, 3.63) is 41.1 Å². The van der Waals surface area contributed by atoms with E-state index < -0.39 is 5.91 Å².